The molecule has 0 aliphatic carbocycles. The normalized spacial score (nSPS) is 10.4. The van der Waals surface area contributed by atoms with E-state index in [4.69, 9.17) is 4.74 Å². The predicted molar refractivity (Wildman–Crippen MR) is 102 cm³/mol. The Labute approximate surface area is 164 Å². The third kappa shape index (κ3) is 4.87. The van der Waals surface area contributed by atoms with Gasteiger partial charge in [0, 0.05) is 12.1 Å². The summed E-state index contributed by atoms with van der Waals surface area (Å²) in [6, 6.07) is 14.7. The van der Waals surface area contributed by atoms with Crippen molar-refractivity contribution in [2.75, 3.05) is 12.4 Å². The lowest BCUT2D eigenvalue weighted by Gasteiger charge is -2.10. The van der Waals surface area contributed by atoms with Crippen molar-refractivity contribution in [2.24, 2.45) is 0 Å². The molecule has 148 valence electrons. The summed E-state index contributed by atoms with van der Waals surface area (Å²) in [4.78, 5) is 19.1. The summed E-state index contributed by atoms with van der Waals surface area (Å²) in [5.74, 6) is 0.859. The Hall–Kier alpha value is -3.93. The molecule has 2 aromatic carbocycles. The quantitative estimate of drug-likeness (QED) is 0.632. The molecule has 0 fully saturated rings. The van der Waals surface area contributed by atoms with E-state index < -0.39 is 12.2 Å². The average Bonchev–Trinajstić information content (AvgIpc) is 2.72. The van der Waals surface area contributed by atoms with E-state index in [0.717, 1.165) is 5.56 Å². The van der Waals surface area contributed by atoms with Crippen LogP contribution in [0.3, 0.4) is 0 Å². The minimum atomic E-state index is -2.89. The molecule has 7 nitrogen and oxygen atoms in total. The molecule has 3 rings (SSSR count). The number of nitrogens with zero attached hydrogens (tertiary/aromatic N) is 2. The number of halogens is 2. The number of methoxy groups -OCH3 is 1. The first-order valence-electron chi connectivity index (χ1n) is 8.46. The van der Waals surface area contributed by atoms with Crippen LogP contribution in [-0.2, 0) is 6.54 Å². The maximum Gasteiger partial charge on any atom is 0.387 e. The fourth-order valence-electron chi connectivity index (χ4n) is 2.59. The van der Waals surface area contributed by atoms with Gasteiger partial charge in [-0.1, -0.05) is 12.1 Å². The van der Waals surface area contributed by atoms with E-state index in [1.807, 2.05) is 6.07 Å². The number of hydrogen-bond donors (Lipinski definition) is 2. The minimum absolute atomic E-state index is 0.0513. The summed E-state index contributed by atoms with van der Waals surface area (Å²) in [6.07, 6.45) is 0. The molecule has 2 N–H and O–H groups in total. The van der Waals surface area contributed by atoms with E-state index in [9.17, 15) is 18.8 Å². The third-order valence-corrected chi connectivity index (χ3v) is 4.00. The molecule has 0 aliphatic heterocycles. The van der Waals surface area contributed by atoms with Crippen LogP contribution in [0.5, 0.6) is 11.5 Å². The van der Waals surface area contributed by atoms with E-state index in [-0.39, 0.29) is 29.5 Å². The van der Waals surface area contributed by atoms with Crippen LogP contribution in [0.2, 0.25) is 0 Å². The molecule has 0 atom stereocenters. The van der Waals surface area contributed by atoms with E-state index in [1.54, 1.807) is 36.4 Å². The third-order valence-electron chi connectivity index (χ3n) is 4.00. The number of rotatable bonds is 7. The van der Waals surface area contributed by atoms with E-state index in [2.05, 4.69) is 20.0 Å². The standard InChI is InChI=1S/C20H16F2N4O3/c1-28-14-8-4-13(5-9-14)17-16(10-23)18(27)26-20(25-17)24-11-12-2-6-15(7-3-12)29-19(21)22/h2-9,19H,11H2,1H3,(H2,24,25,26,27). The van der Waals surface area contributed by atoms with Crippen LogP contribution in [0, 0.1) is 11.3 Å². The van der Waals surface area contributed by atoms with Gasteiger partial charge in [-0.05, 0) is 42.0 Å². The van der Waals surface area contributed by atoms with Crippen molar-refractivity contribution in [2.45, 2.75) is 13.2 Å². The summed E-state index contributed by atoms with van der Waals surface area (Å²) < 4.78 is 33.8. The van der Waals surface area contributed by atoms with Crippen LogP contribution in [0.4, 0.5) is 14.7 Å². The van der Waals surface area contributed by atoms with Gasteiger partial charge in [0.05, 0.1) is 12.8 Å². The highest BCUT2D eigenvalue weighted by Crippen LogP contribution is 2.23. The Morgan fingerprint density at radius 3 is 2.38 bits per heavy atom. The van der Waals surface area contributed by atoms with Crippen LogP contribution >= 0.6 is 0 Å². The highest BCUT2D eigenvalue weighted by molar-refractivity contribution is 5.67. The van der Waals surface area contributed by atoms with Gasteiger partial charge in [-0.3, -0.25) is 9.78 Å². The molecule has 0 saturated carbocycles. The Kier molecular flexibility index (Phi) is 6.04. The molecule has 0 amide bonds. The lowest BCUT2D eigenvalue weighted by molar-refractivity contribution is -0.0498. The number of nitrogens with one attached hydrogen (secondary N) is 2. The lowest BCUT2D eigenvalue weighted by atomic mass is 10.1. The monoisotopic (exact) mass is 398 g/mol. The van der Waals surface area contributed by atoms with E-state index in [1.165, 1.54) is 19.2 Å². The first kappa shape index (κ1) is 19.8. The molecular weight excluding hydrogens is 382 g/mol. The van der Waals surface area contributed by atoms with Gasteiger partial charge in [0.2, 0.25) is 5.95 Å². The molecule has 0 aliphatic rings. The van der Waals surface area contributed by atoms with Crippen molar-refractivity contribution in [1.29, 1.82) is 5.26 Å². The highest BCUT2D eigenvalue weighted by atomic mass is 19.3. The van der Waals surface area contributed by atoms with Crippen LogP contribution < -0.4 is 20.3 Å². The van der Waals surface area contributed by atoms with Gasteiger partial charge in [-0.2, -0.15) is 14.0 Å². The maximum absolute atomic E-state index is 12.3. The molecule has 0 unspecified atom stereocenters. The van der Waals surface area contributed by atoms with Gasteiger partial charge in [0.1, 0.15) is 23.1 Å². The summed E-state index contributed by atoms with van der Waals surface area (Å²) >= 11 is 0. The molecule has 1 heterocycles. The first-order valence-corrected chi connectivity index (χ1v) is 8.46. The number of ether oxygens (including phenoxy) is 2. The number of hydrogen-bond acceptors (Lipinski definition) is 6. The molecule has 3 aromatic rings. The summed E-state index contributed by atoms with van der Waals surface area (Å²) in [5, 5.41) is 12.3. The molecular formula is C20H16F2N4O3. The van der Waals surface area contributed by atoms with Crippen LogP contribution in [-0.4, -0.2) is 23.7 Å². The SMILES string of the molecule is COc1ccc(-c2nc(NCc3ccc(OC(F)F)cc3)[nH]c(=O)c2C#N)cc1. The number of H-pyrrole nitrogens is 1. The number of nitriles is 1. The molecule has 0 bridgehead atoms. The van der Waals surface area contributed by atoms with Crippen molar-refractivity contribution >= 4 is 5.95 Å². The zero-order chi connectivity index (χ0) is 20.8. The number of aromatic nitrogens is 2. The average molecular weight is 398 g/mol. The van der Waals surface area contributed by atoms with Crippen LogP contribution in [0.1, 0.15) is 11.1 Å². The Morgan fingerprint density at radius 2 is 1.79 bits per heavy atom. The molecule has 0 saturated heterocycles. The van der Waals surface area contributed by atoms with Gasteiger partial charge in [0.25, 0.3) is 5.56 Å². The van der Waals surface area contributed by atoms with Crippen molar-refractivity contribution < 1.29 is 18.3 Å². The summed E-state index contributed by atoms with van der Waals surface area (Å²) in [5.41, 5.74) is 0.905. The van der Waals surface area contributed by atoms with Gasteiger partial charge < -0.3 is 14.8 Å². The zero-order valence-corrected chi connectivity index (χ0v) is 15.3. The number of aromatic amines is 1. The number of anilines is 1. The highest BCUT2D eigenvalue weighted by Gasteiger charge is 2.13. The molecule has 0 radical (unpaired) electrons. The van der Waals surface area contributed by atoms with Crippen molar-refractivity contribution in [1.82, 2.24) is 9.97 Å². The van der Waals surface area contributed by atoms with Crippen LogP contribution in [0.15, 0.2) is 53.3 Å². The second-order valence-electron chi connectivity index (χ2n) is 5.85. The van der Waals surface area contributed by atoms with E-state index >= 15 is 0 Å². The van der Waals surface area contributed by atoms with Crippen molar-refractivity contribution in [3.8, 4) is 28.8 Å². The number of alkyl halides is 2. The smallest absolute Gasteiger partial charge is 0.387 e. The second-order valence-corrected chi connectivity index (χ2v) is 5.85. The van der Waals surface area contributed by atoms with Gasteiger partial charge >= 0.3 is 6.61 Å². The number of benzene rings is 2. The van der Waals surface area contributed by atoms with Gasteiger partial charge in [-0.25, -0.2) is 4.98 Å². The predicted octanol–water partition coefficient (Wildman–Crippen LogP) is 3.53. The minimum Gasteiger partial charge on any atom is -0.497 e. The topological polar surface area (TPSA) is 100 Å². The summed E-state index contributed by atoms with van der Waals surface area (Å²) in [7, 11) is 1.54. The second kappa shape index (κ2) is 8.84. The van der Waals surface area contributed by atoms with Crippen molar-refractivity contribution in [3.05, 3.63) is 70.0 Å². The molecule has 29 heavy (non-hydrogen) atoms. The molecule has 1 aromatic heterocycles. The lowest BCUT2D eigenvalue weighted by Crippen LogP contribution is -2.17. The zero-order valence-electron chi connectivity index (χ0n) is 15.3. The maximum atomic E-state index is 12.3. The van der Waals surface area contributed by atoms with E-state index in [0.29, 0.717) is 11.3 Å². The summed E-state index contributed by atoms with van der Waals surface area (Å²) in [6.45, 7) is -2.62. The first-order chi connectivity index (χ1) is 14.0. The largest absolute Gasteiger partial charge is 0.497 e. The Balaban J connectivity index is 1.82. The van der Waals surface area contributed by atoms with Gasteiger partial charge in [-0.15, -0.1) is 0 Å². The van der Waals surface area contributed by atoms with Gasteiger partial charge in [0.15, 0.2) is 0 Å². The van der Waals surface area contributed by atoms with Crippen LogP contribution in [0.25, 0.3) is 11.3 Å². The Bertz CT molecular complexity index is 1070. The fourth-order valence-corrected chi connectivity index (χ4v) is 2.59. The molecule has 9 heteroatoms. The Morgan fingerprint density at radius 1 is 1.14 bits per heavy atom. The molecule has 0 spiro atoms. The fraction of sp³-hybridized carbons (Fsp3) is 0.150. The van der Waals surface area contributed by atoms with Crippen molar-refractivity contribution in [3.63, 3.8) is 0 Å².